The normalized spacial score (nSPS) is 32.9. The van der Waals surface area contributed by atoms with Crippen molar-refractivity contribution in [2.75, 3.05) is 7.05 Å². The summed E-state index contributed by atoms with van der Waals surface area (Å²) in [5, 5.41) is 8.16. The average Bonchev–Trinajstić information content (AvgIpc) is 3.24. The predicted octanol–water partition coefficient (Wildman–Crippen LogP) is 2.01. The van der Waals surface area contributed by atoms with E-state index >= 15 is 0 Å². The smallest absolute Gasteiger partial charge is 0.315 e. The van der Waals surface area contributed by atoms with Gasteiger partial charge in [-0.05, 0) is 57.3 Å². The molecule has 3 N–H and O–H groups in total. The summed E-state index contributed by atoms with van der Waals surface area (Å²) < 4.78 is 0. The summed E-state index contributed by atoms with van der Waals surface area (Å²) >= 11 is 0. The molecule has 0 aromatic heterocycles. The lowest BCUT2D eigenvalue weighted by Crippen LogP contribution is -2.56. The third kappa shape index (κ3) is 4.28. The highest BCUT2D eigenvalue weighted by Gasteiger charge is 2.47. The van der Waals surface area contributed by atoms with Crippen molar-refractivity contribution in [2.24, 2.45) is 17.8 Å². The van der Waals surface area contributed by atoms with E-state index in [1.54, 1.807) is 6.92 Å². The molecule has 28 heavy (non-hydrogen) atoms. The van der Waals surface area contributed by atoms with Gasteiger partial charge in [0.2, 0.25) is 11.8 Å². The van der Waals surface area contributed by atoms with Crippen molar-refractivity contribution >= 4 is 17.8 Å². The molecule has 2 saturated heterocycles. The van der Waals surface area contributed by atoms with Gasteiger partial charge in [0.25, 0.3) is 0 Å². The van der Waals surface area contributed by atoms with Crippen molar-refractivity contribution in [1.29, 1.82) is 0 Å². The molecule has 2 heterocycles. The Morgan fingerprint density at radius 1 is 0.964 bits per heavy atom. The molecule has 4 amide bonds. The van der Waals surface area contributed by atoms with Crippen molar-refractivity contribution in [3.8, 4) is 0 Å². The second kappa shape index (κ2) is 8.70. The molecular formula is C21H36N4O3. The molecule has 6 atom stereocenters. The Kier molecular flexibility index (Phi) is 6.50. The molecule has 0 radical (unpaired) electrons. The first-order chi connectivity index (χ1) is 13.3. The average molecular weight is 393 g/mol. The first-order valence-electron chi connectivity index (χ1n) is 10.9. The highest BCUT2D eigenvalue weighted by atomic mass is 16.2. The van der Waals surface area contributed by atoms with Crippen LogP contribution in [0.15, 0.2) is 0 Å². The molecule has 1 saturated carbocycles. The van der Waals surface area contributed by atoms with Gasteiger partial charge in [-0.25, -0.2) is 4.79 Å². The molecule has 1 unspecified atom stereocenters. The van der Waals surface area contributed by atoms with E-state index in [4.69, 9.17) is 0 Å². The van der Waals surface area contributed by atoms with Crippen LogP contribution in [0, 0.1) is 17.8 Å². The Labute approximate surface area is 168 Å². The van der Waals surface area contributed by atoms with Crippen LogP contribution in [-0.2, 0) is 9.59 Å². The maximum atomic E-state index is 13.4. The fraction of sp³-hybridized carbons (Fsp3) is 0.857. The van der Waals surface area contributed by atoms with E-state index in [1.807, 2.05) is 0 Å². The lowest BCUT2D eigenvalue weighted by Gasteiger charge is -2.41. The van der Waals surface area contributed by atoms with E-state index < -0.39 is 6.04 Å². The molecule has 2 bridgehead atoms. The number of piperidine rings is 1. The number of urea groups is 1. The molecule has 3 rings (SSSR count). The van der Waals surface area contributed by atoms with Gasteiger partial charge in [-0.15, -0.1) is 0 Å². The molecule has 0 aromatic rings. The number of carbonyl (C=O) groups excluding carboxylic acids is 3. The lowest BCUT2D eigenvalue weighted by atomic mass is 9.84. The summed E-state index contributed by atoms with van der Waals surface area (Å²) in [6, 6.07) is -0.381. The molecule has 3 aliphatic rings. The molecule has 158 valence electrons. The number of nitrogens with zero attached hydrogens (tertiary/aromatic N) is 1. The Balaban J connectivity index is 1.57. The third-order valence-electron chi connectivity index (χ3n) is 7.04. The van der Waals surface area contributed by atoms with E-state index in [2.05, 4.69) is 34.7 Å². The van der Waals surface area contributed by atoms with Crippen LogP contribution in [0.2, 0.25) is 0 Å². The number of rotatable bonds is 5. The number of carbonyl (C=O) groups is 3. The van der Waals surface area contributed by atoms with Gasteiger partial charge in [0.05, 0.1) is 0 Å². The quantitative estimate of drug-likeness (QED) is 0.668. The Hall–Kier alpha value is -1.79. The number of hydrogen-bond acceptors (Lipinski definition) is 3. The molecule has 2 aliphatic heterocycles. The van der Waals surface area contributed by atoms with Gasteiger partial charge in [0.15, 0.2) is 0 Å². The number of hydrogen-bond donors (Lipinski definition) is 3. The van der Waals surface area contributed by atoms with Gasteiger partial charge >= 0.3 is 6.03 Å². The van der Waals surface area contributed by atoms with Gasteiger partial charge in [-0.3, -0.25) is 9.59 Å². The van der Waals surface area contributed by atoms with E-state index in [1.165, 1.54) is 13.5 Å². The van der Waals surface area contributed by atoms with Crippen LogP contribution in [0.1, 0.15) is 65.7 Å². The number of amides is 4. The molecule has 0 spiro atoms. The minimum absolute atomic E-state index is 0.0764. The van der Waals surface area contributed by atoms with Crippen molar-refractivity contribution in [3.05, 3.63) is 0 Å². The van der Waals surface area contributed by atoms with Crippen LogP contribution in [0.3, 0.4) is 0 Å². The SMILES string of the molecule is CNC(=O)N[C@@H](C)C(=O)NC1C[C@H]2CC[C@@H](C1)N2C(=O)[C@@H]1CCC[C@H]1C(C)C. The molecular weight excluding hydrogens is 356 g/mol. The van der Waals surface area contributed by atoms with Crippen molar-refractivity contribution in [2.45, 2.75) is 89.9 Å². The summed E-state index contributed by atoms with van der Waals surface area (Å²) in [6.07, 6.45) is 7.07. The van der Waals surface area contributed by atoms with E-state index in [0.29, 0.717) is 17.7 Å². The second-order valence-electron chi connectivity index (χ2n) is 9.20. The van der Waals surface area contributed by atoms with Crippen molar-refractivity contribution < 1.29 is 14.4 Å². The maximum Gasteiger partial charge on any atom is 0.315 e. The summed E-state index contributed by atoms with van der Waals surface area (Å²) in [6.45, 7) is 6.16. The zero-order chi connectivity index (χ0) is 20.4. The van der Waals surface area contributed by atoms with Gasteiger partial charge in [0, 0.05) is 31.1 Å². The topological polar surface area (TPSA) is 90.5 Å². The van der Waals surface area contributed by atoms with Crippen LogP contribution in [0.4, 0.5) is 4.79 Å². The van der Waals surface area contributed by atoms with Gasteiger partial charge < -0.3 is 20.9 Å². The Morgan fingerprint density at radius 3 is 2.18 bits per heavy atom. The Morgan fingerprint density at radius 2 is 1.61 bits per heavy atom. The van der Waals surface area contributed by atoms with Crippen LogP contribution in [-0.4, -0.2) is 54.0 Å². The van der Waals surface area contributed by atoms with E-state index in [0.717, 1.165) is 38.5 Å². The van der Waals surface area contributed by atoms with Gasteiger partial charge in [0.1, 0.15) is 6.04 Å². The van der Waals surface area contributed by atoms with Crippen molar-refractivity contribution in [3.63, 3.8) is 0 Å². The standard InChI is InChI=1S/C21H36N4O3/c1-12(2)17-6-5-7-18(17)20(27)25-15-8-9-16(25)11-14(10-15)24-19(26)13(3)23-21(28)22-4/h12-18H,5-11H2,1-4H3,(H,24,26)(H2,22,23,28)/t13-,14?,15-,16+,17-,18+/m0/s1. The zero-order valence-corrected chi connectivity index (χ0v) is 17.7. The zero-order valence-electron chi connectivity index (χ0n) is 17.7. The molecule has 7 nitrogen and oxygen atoms in total. The number of fused-ring (bicyclic) bond motifs is 2. The van der Waals surface area contributed by atoms with E-state index in [9.17, 15) is 14.4 Å². The summed E-state index contributed by atoms with van der Waals surface area (Å²) in [5.74, 6) is 1.46. The third-order valence-corrected chi connectivity index (χ3v) is 7.04. The van der Waals surface area contributed by atoms with Gasteiger partial charge in [-0.1, -0.05) is 20.3 Å². The molecule has 0 aromatic carbocycles. The first-order valence-corrected chi connectivity index (χ1v) is 10.9. The fourth-order valence-corrected chi connectivity index (χ4v) is 5.60. The van der Waals surface area contributed by atoms with Crippen LogP contribution in [0.5, 0.6) is 0 Å². The summed E-state index contributed by atoms with van der Waals surface area (Å²) in [5.41, 5.74) is 0. The molecule has 1 aliphatic carbocycles. The maximum absolute atomic E-state index is 13.4. The summed E-state index contributed by atoms with van der Waals surface area (Å²) in [4.78, 5) is 39.3. The van der Waals surface area contributed by atoms with Crippen molar-refractivity contribution in [1.82, 2.24) is 20.9 Å². The largest absolute Gasteiger partial charge is 0.351 e. The molecule has 7 heteroatoms. The second-order valence-corrected chi connectivity index (χ2v) is 9.20. The first kappa shape index (κ1) is 20.9. The fourth-order valence-electron chi connectivity index (χ4n) is 5.60. The number of nitrogens with one attached hydrogen (secondary N) is 3. The van der Waals surface area contributed by atoms with Crippen LogP contribution in [0.25, 0.3) is 0 Å². The molecule has 3 fully saturated rings. The summed E-state index contributed by atoms with van der Waals surface area (Å²) in [7, 11) is 1.53. The van der Waals surface area contributed by atoms with Crippen LogP contribution >= 0.6 is 0 Å². The van der Waals surface area contributed by atoms with E-state index in [-0.39, 0.29) is 36.0 Å². The monoisotopic (exact) mass is 392 g/mol. The lowest BCUT2D eigenvalue weighted by molar-refractivity contribution is -0.142. The highest BCUT2D eigenvalue weighted by molar-refractivity contribution is 5.86. The highest BCUT2D eigenvalue weighted by Crippen LogP contribution is 2.42. The minimum atomic E-state index is -0.581. The predicted molar refractivity (Wildman–Crippen MR) is 108 cm³/mol. The Bertz CT molecular complexity index is 594. The minimum Gasteiger partial charge on any atom is -0.351 e. The van der Waals surface area contributed by atoms with Gasteiger partial charge in [-0.2, -0.15) is 0 Å². The van der Waals surface area contributed by atoms with Crippen LogP contribution < -0.4 is 16.0 Å².